The molecule has 0 atom stereocenters. The van der Waals surface area contributed by atoms with Gasteiger partial charge in [-0.2, -0.15) is 0 Å². The Morgan fingerprint density at radius 2 is 1.81 bits per heavy atom. The van der Waals surface area contributed by atoms with E-state index in [0.717, 1.165) is 4.90 Å². The zero-order valence-electron chi connectivity index (χ0n) is 13.5. The number of nitrogens with one attached hydrogen (secondary N) is 1. The van der Waals surface area contributed by atoms with Crippen LogP contribution in [0.15, 0.2) is 48.0 Å². The number of imide groups is 2. The summed E-state index contributed by atoms with van der Waals surface area (Å²) >= 11 is 12.1. The minimum absolute atomic E-state index is 0.179. The van der Waals surface area contributed by atoms with E-state index < -0.39 is 17.8 Å². The number of methoxy groups -OCH3 is 1. The molecule has 2 aromatic carbocycles. The molecule has 1 N–H and O–H groups in total. The number of carbonyl (C=O) groups excluding carboxylic acids is 3. The summed E-state index contributed by atoms with van der Waals surface area (Å²) in [6.45, 7) is 0. The first-order chi connectivity index (χ1) is 12.4. The first-order valence-electron chi connectivity index (χ1n) is 7.41. The molecule has 1 fully saturated rings. The second-order valence-corrected chi connectivity index (χ2v) is 6.18. The lowest BCUT2D eigenvalue weighted by molar-refractivity contribution is -0.122. The number of anilines is 1. The van der Waals surface area contributed by atoms with Gasteiger partial charge in [0, 0.05) is 5.02 Å². The van der Waals surface area contributed by atoms with Crippen LogP contribution in [0.5, 0.6) is 5.75 Å². The first-order valence-corrected chi connectivity index (χ1v) is 8.17. The number of halogens is 2. The molecule has 4 amide bonds. The third kappa shape index (κ3) is 3.42. The maximum atomic E-state index is 12.8. The standard InChI is InChI=1S/C18H12Cl2N2O4/c1-26-12-7-10(6-11(19)9-12)8-13-16(23)21-18(25)22(17(13)24)15-5-3-2-4-14(15)20/h2-9H,1H3,(H,21,23,25)/b13-8+. The molecule has 2 aromatic rings. The molecule has 8 heteroatoms. The minimum atomic E-state index is -0.867. The summed E-state index contributed by atoms with van der Waals surface area (Å²) < 4.78 is 5.12. The van der Waals surface area contributed by atoms with Crippen LogP contribution >= 0.6 is 23.2 Å². The second-order valence-electron chi connectivity index (χ2n) is 5.33. The van der Waals surface area contributed by atoms with E-state index in [1.165, 1.54) is 19.3 Å². The molecule has 0 spiro atoms. The van der Waals surface area contributed by atoms with Crippen LogP contribution in [-0.4, -0.2) is 25.0 Å². The van der Waals surface area contributed by atoms with Crippen molar-refractivity contribution < 1.29 is 19.1 Å². The lowest BCUT2D eigenvalue weighted by atomic mass is 10.1. The molecule has 6 nitrogen and oxygen atoms in total. The monoisotopic (exact) mass is 390 g/mol. The molecule has 0 aromatic heterocycles. The molecule has 0 radical (unpaired) electrons. The van der Waals surface area contributed by atoms with Gasteiger partial charge in [0.1, 0.15) is 11.3 Å². The Labute approximate surface area is 158 Å². The van der Waals surface area contributed by atoms with Crippen LogP contribution in [0.25, 0.3) is 6.08 Å². The van der Waals surface area contributed by atoms with Gasteiger partial charge in [-0.05, 0) is 42.0 Å². The molecule has 3 rings (SSSR count). The molecule has 26 heavy (non-hydrogen) atoms. The van der Waals surface area contributed by atoms with Crippen LogP contribution in [0.1, 0.15) is 5.56 Å². The number of benzene rings is 2. The Balaban J connectivity index is 2.06. The van der Waals surface area contributed by atoms with Crippen LogP contribution in [0.3, 0.4) is 0 Å². The number of para-hydroxylation sites is 1. The molecule has 132 valence electrons. The predicted octanol–water partition coefficient (Wildman–Crippen LogP) is 3.67. The fourth-order valence-corrected chi connectivity index (χ4v) is 2.92. The third-order valence-electron chi connectivity index (χ3n) is 3.64. The highest BCUT2D eigenvalue weighted by atomic mass is 35.5. The van der Waals surface area contributed by atoms with Crippen LogP contribution < -0.4 is 15.0 Å². The topological polar surface area (TPSA) is 75.7 Å². The van der Waals surface area contributed by atoms with Crippen molar-refractivity contribution in [3.63, 3.8) is 0 Å². The number of nitrogens with zero attached hydrogens (tertiary/aromatic N) is 1. The maximum absolute atomic E-state index is 12.8. The van der Waals surface area contributed by atoms with Gasteiger partial charge in [0.15, 0.2) is 0 Å². The summed E-state index contributed by atoms with van der Waals surface area (Å²) in [5, 5.41) is 2.71. The average molecular weight is 391 g/mol. The van der Waals surface area contributed by atoms with Crippen LogP contribution in [-0.2, 0) is 9.59 Å². The lowest BCUT2D eigenvalue weighted by Gasteiger charge is -2.27. The largest absolute Gasteiger partial charge is 0.497 e. The molecule has 1 heterocycles. The van der Waals surface area contributed by atoms with Crippen molar-refractivity contribution in [2.24, 2.45) is 0 Å². The SMILES string of the molecule is COc1cc(Cl)cc(/C=C2\C(=O)NC(=O)N(c3ccccc3Cl)C2=O)c1. The van der Waals surface area contributed by atoms with Gasteiger partial charge in [-0.15, -0.1) is 0 Å². The summed E-state index contributed by atoms with van der Waals surface area (Å²) in [6.07, 6.45) is 1.34. The summed E-state index contributed by atoms with van der Waals surface area (Å²) in [5.41, 5.74) is 0.425. The van der Waals surface area contributed by atoms with Gasteiger partial charge >= 0.3 is 6.03 Å². The number of hydrogen-bond acceptors (Lipinski definition) is 4. The van der Waals surface area contributed by atoms with Crippen molar-refractivity contribution in [3.05, 3.63) is 63.6 Å². The molecule has 0 aliphatic carbocycles. The Bertz CT molecular complexity index is 956. The van der Waals surface area contributed by atoms with Gasteiger partial charge in [0.25, 0.3) is 11.8 Å². The Hall–Kier alpha value is -2.83. The molecule has 0 saturated carbocycles. The van der Waals surface area contributed by atoms with E-state index >= 15 is 0 Å². The van der Waals surface area contributed by atoms with E-state index in [-0.39, 0.29) is 16.3 Å². The van der Waals surface area contributed by atoms with Crippen molar-refractivity contribution in [3.8, 4) is 5.75 Å². The summed E-state index contributed by atoms with van der Waals surface area (Å²) in [7, 11) is 1.47. The Morgan fingerprint density at radius 1 is 1.08 bits per heavy atom. The Morgan fingerprint density at radius 3 is 2.50 bits per heavy atom. The second kappa shape index (κ2) is 7.19. The highest BCUT2D eigenvalue weighted by molar-refractivity contribution is 6.42. The van der Waals surface area contributed by atoms with Crippen LogP contribution in [0.4, 0.5) is 10.5 Å². The quantitative estimate of drug-likeness (QED) is 0.640. The van der Waals surface area contributed by atoms with Crippen LogP contribution in [0, 0.1) is 0 Å². The van der Waals surface area contributed by atoms with Gasteiger partial charge in [-0.3, -0.25) is 14.9 Å². The number of ether oxygens (including phenoxy) is 1. The van der Waals surface area contributed by atoms with E-state index in [4.69, 9.17) is 27.9 Å². The van der Waals surface area contributed by atoms with E-state index in [0.29, 0.717) is 16.3 Å². The summed E-state index contributed by atoms with van der Waals surface area (Å²) in [5.74, 6) is -1.12. The van der Waals surface area contributed by atoms with Gasteiger partial charge in [0.05, 0.1) is 17.8 Å². The molecule has 1 aliphatic rings. The van der Waals surface area contributed by atoms with Gasteiger partial charge in [-0.25, -0.2) is 9.69 Å². The Kier molecular flexibility index (Phi) is 4.97. The summed E-state index contributed by atoms with van der Waals surface area (Å²) in [6, 6.07) is 10.2. The third-order valence-corrected chi connectivity index (χ3v) is 4.17. The maximum Gasteiger partial charge on any atom is 0.335 e. The number of carbonyl (C=O) groups is 3. The molecule has 0 unspecified atom stereocenters. The fraction of sp³-hybridized carbons (Fsp3) is 0.0556. The van der Waals surface area contributed by atoms with Crippen molar-refractivity contribution >= 4 is 52.8 Å². The van der Waals surface area contributed by atoms with E-state index in [9.17, 15) is 14.4 Å². The highest BCUT2D eigenvalue weighted by Crippen LogP contribution is 2.29. The number of hydrogen-bond donors (Lipinski definition) is 1. The molecular formula is C18H12Cl2N2O4. The summed E-state index contributed by atoms with van der Waals surface area (Å²) in [4.78, 5) is 38.0. The fourth-order valence-electron chi connectivity index (χ4n) is 2.46. The first kappa shape index (κ1) is 18.0. The number of barbiturate groups is 1. The lowest BCUT2D eigenvalue weighted by Crippen LogP contribution is -2.54. The van der Waals surface area contributed by atoms with Crippen molar-refractivity contribution in [1.29, 1.82) is 0 Å². The highest BCUT2D eigenvalue weighted by Gasteiger charge is 2.37. The van der Waals surface area contributed by atoms with E-state index in [2.05, 4.69) is 5.32 Å². The number of urea groups is 1. The molecule has 1 saturated heterocycles. The van der Waals surface area contributed by atoms with Gasteiger partial charge in [-0.1, -0.05) is 35.3 Å². The smallest absolute Gasteiger partial charge is 0.335 e. The normalized spacial score (nSPS) is 16.0. The zero-order chi connectivity index (χ0) is 18.8. The van der Waals surface area contributed by atoms with E-state index in [1.807, 2.05) is 0 Å². The number of amides is 4. The number of rotatable bonds is 3. The van der Waals surface area contributed by atoms with Gasteiger partial charge in [0.2, 0.25) is 0 Å². The average Bonchev–Trinajstić information content (AvgIpc) is 2.59. The molecule has 0 bridgehead atoms. The van der Waals surface area contributed by atoms with Crippen molar-refractivity contribution in [1.82, 2.24) is 5.32 Å². The zero-order valence-corrected chi connectivity index (χ0v) is 15.0. The van der Waals surface area contributed by atoms with Crippen LogP contribution in [0.2, 0.25) is 10.0 Å². The van der Waals surface area contributed by atoms with Crippen molar-refractivity contribution in [2.45, 2.75) is 0 Å². The predicted molar refractivity (Wildman–Crippen MR) is 98.5 cm³/mol. The molecular weight excluding hydrogens is 379 g/mol. The van der Waals surface area contributed by atoms with Gasteiger partial charge < -0.3 is 4.74 Å². The molecule has 1 aliphatic heterocycles. The minimum Gasteiger partial charge on any atom is -0.497 e. The van der Waals surface area contributed by atoms with E-state index in [1.54, 1.807) is 36.4 Å². The van der Waals surface area contributed by atoms with Crippen molar-refractivity contribution in [2.75, 3.05) is 12.0 Å².